The van der Waals surface area contributed by atoms with Crippen molar-refractivity contribution in [3.05, 3.63) is 169 Å². The van der Waals surface area contributed by atoms with Gasteiger partial charge < -0.3 is 9.13 Å². The minimum Gasteiger partial charge on any atom is -0.309 e. The third-order valence-electron chi connectivity index (χ3n) is 9.52. The lowest BCUT2D eigenvalue weighted by Gasteiger charge is -2.15. The molecule has 220 valence electrons. The summed E-state index contributed by atoms with van der Waals surface area (Å²) in [5.41, 5.74) is 12.9. The van der Waals surface area contributed by atoms with E-state index in [2.05, 4.69) is 174 Å². The van der Waals surface area contributed by atoms with Gasteiger partial charge in [0.25, 0.3) is 0 Å². The molecule has 0 radical (unpaired) electrons. The summed E-state index contributed by atoms with van der Waals surface area (Å²) in [5, 5.41) is 15.3. The Bertz CT molecular complexity index is 2640. The fourth-order valence-corrected chi connectivity index (χ4v) is 7.42. The quantitative estimate of drug-likeness (QED) is 0.198. The number of para-hydroxylation sites is 4. The second-order valence-corrected chi connectivity index (χ2v) is 12.1. The molecular weight excluding hydrogens is 571 g/mol. The first-order chi connectivity index (χ1) is 23.2. The number of aryl methyl sites for hydroxylation is 1. The summed E-state index contributed by atoms with van der Waals surface area (Å²) in [4.78, 5) is 0. The van der Waals surface area contributed by atoms with Crippen LogP contribution in [-0.2, 0) is 0 Å². The maximum Gasteiger partial charge on any atom is 0.0998 e. The second kappa shape index (κ2) is 10.6. The van der Waals surface area contributed by atoms with Crippen molar-refractivity contribution in [1.82, 2.24) is 9.13 Å². The van der Waals surface area contributed by atoms with E-state index >= 15 is 0 Å². The number of rotatable bonds is 4. The number of nitriles is 1. The van der Waals surface area contributed by atoms with Crippen LogP contribution in [0.15, 0.2) is 158 Å². The fraction of sp³-hybridized carbons (Fsp3) is 0.0227. The van der Waals surface area contributed by atoms with Gasteiger partial charge in [-0.3, -0.25) is 0 Å². The van der Waals surface area contributed by atoms with Gasteiger partial charge in [0.2, 0.25) is 0 Å². The maximum absolute atomic E-state index is 10.4. The number of hydrogen-bond acceptors (Lipinski definition) is 1. The summed E-state index contributed by atoms with van der Waals surface area (Å²) in [7, 11) is 0. The molecule has 2 heterocycles. The first-order valence-corrected chi connectivity index (χ1v) is 15.9. The lowest BCUT2D eigenvalue weighted by molar-refractivity contribution is 1.18. The summed E-state index contributed by atoms with van der Waals surface area (Å²) in [5.74, 6) is 0. The van der Waals surface area contributed by atoms with Gasteiger partial charge in [-0.05, 0) is 71.6 Å². The standard InChI is InChI=1S/C44H29N3/c1-29-11-10-20-43-44(29)38-15-5-9-19-42(38)46(43)33-25-26-34(32(27-33)28-45)30-21-23-31(24-22-30)35-12-2-6-16-39(35)47-40-17-7-3-13-36(40)37-14-4-8-18-41(37)47/h2-27H,1H3. The number of benzene rings is 7. The monoisotopic (exact) mass is 599 g/mol. The Labute approximate surface area is 272 Å². The van der Waals surface area contributed by atoms with Crippen molar-refractivity contribution in [3.8, 4) is 39.7 Å². The van der Waals surface area contributed by atoms with Gasteiger partial charge in [-0.15, -0.1) is 0 Å². The largest absolute Gasteiger partial charge is 0.309 e. The Morgan fingerprint density at radius 1 is 0.468 bits per heavy atom. The van der Waals surface area contributed by atoms with Crippen LogP contribution >= 0.6 is 0 Å². The topological polar surface area (TPSA) is 33.6 Å². The zero-order valence-electron chi connectivity index (χ0n) is 25.9. The van der Waals surface area contributed by atoms with Crippen molar-refractivity contribution in [1.29, 1.82) is 5.26 Å². The molecule has 7 aromatic carbocycles. The third kappa shape index (κ3) is 4.13. The predicted molar refractivity (Wildman–Crippen MR) is 195 cm³/mol. The van der Waals surface area contributed by atoms with Gasteiger partial charge in [0, 0.05) is 32.8 Å². The lowest BCUT2D eigenvalue weighted by atomic mass is 9.96. The van der Waals surface area contributed by atoms with Crippen LogP contribution in [0, 0.1) is 18.3 Å². The smallest absolute Gasteiger partial charge is 0.0998 e. The van der Waals surface area contributed by atoms with E-state index in [0.717, 1.165) is 44.7 Å². The average molecular weight is 600 g/mol. The number of nitrogens with zero attached hydrogens (tertiary/aromatic N) is 3. The molecule has 0 aliphatic carbocycles. The average Bonchev–Trinajstić information content (AvgIpc) is 3.65. The van der Waals surface area contributed by atoms with Crippen LogP contribution in [0.2, 0.25) is 0 Å². The molecule has 9 rings (SSSR count). The van der Waals surface area contributed by atoms with Crippen molar-refractivity contribution in [2.75, 3.05) is 0 Å². The molecule has 0 saturated heterocycles. The normalized spacial score (nSPS) is 11.5. The summed E-state index contributed by atoms with van der Waals surface area (Å²) in [6, 6.07) is 58.1. The molecule has 0 bridgehead atoms. The predicted octanol–water partition coefficient (Wildman–Crippen LogP) is 11.4. The summed E-state index contributed by atoms with van der Waals surface area (Å²) >= 11 is 0. The van der Waals surface area contributed by atoms with Crippen LogP contribution < -0.4 is 0 Å². The molecular formula is C44H29N3. The fourth-order valence-electron chi connectivity index (χ4n) is 7.42. The van der Waals surface area contributed by atoms with Gasteiger partial charge >= 0.3 is 0 Å². The molecule has 0 aliphatic rings. The number of fused-ring (bicyclic) bond motifs is 6. The summed E-state index contributed by atoms with van der Waals surface area (Å²) in [6.07, 6.45) is 0. The molecule has 0 aliphatic heterocycles. The molecule has 0 amide bonds. The van der Waals surface area contributed by atoms with Crippen LogP contribution in [0.3, 0.4) is 0 Å². The van der Waals surface area contributed by atoms with Gasteiger partial charge in [-0.25, -0.2) is 0 Å². The molecule has 0 spiro atoms. The van der Waals surface area contributed by atoms with Gasteiger partial charge in [0.15, 0.2) is 0 Å². The van der Waals surface area contributed by atoms with Crippen LogP contribution in [0.4, 0.5) is 0 Å². The van der Waals surface area contributed by atoms with Gasteiger partial charge in [0.1, 0.15) is 0 Å². The molecule has 0 unspecified atom stereocenters. The van der Waals surface area contributed by atoms with Crippen molar-refractivity contribution in [2.45, 2.75) is 6.92 Å². The van der Waals surface area contributed by atoms with E-state index in [1.807, 2.05) is 6.07 Å². The highest BCUT2D eigenvalue weighted by Crippen LogP contribution is 2.38. The SMILES string of the molecule is Cc1cccc2c1c1ccccc1n2-c1ccc(-c2ccc(-c3ccccc3-n3c4ccccc4c4ccccc43)cc2)c(C#N)c1. The minimum absolute atomic E-state index is 0.652. The molecule has 0 N–H and O–H groups in total. The first-order valence-electron chi connectivity index (χ1n) is 15.9. The molecule has 2 aromatic heterocycles. The highest BCUT2D eigenvalue weighted by Gasteiger charge is 2.17. The van der Waals surface area contributed by atoms with Crippen LogP contribution in [0.5, 0.6) is 0 Å². The highest BCUT2D eigenvalue weighted by atomic mass is 15.0. The maximum atomic E-state index is 10.4. The van der Waals surface area contributed by atoms with E-state index in [1.54, 1.807) is 0 Å². The van der Waals surface area contributed by atoms with Crippen molar-refractivity contribution in [2.24, 2.45) is 0 Å². The van der Waals surface area contributed by atoms with Crippen molar-refractivity contribution >= 4 is 43.6 Å². The van der Waals surface area contributed by atoms with Crippen LogP contribution in [0.1, 0.15) is 11.1 Å². The summed E-state index contributed by atoms with van der Waals surface area (Å²) in [6.45, 7) is 2.16. The molecule has 0 saturated carbocycles. The third-order valence-corrected chi connectivity index (χ3v) is 9.52. The van der Waals surface area contributed by atoms with E-state index in [9.17, 15) is 5.26 Å². The summed E-state index contributed by atoms with van der Waals surface area (Å²) < 4.78 is 4.65. The highest BCUT2D eigenvalue weighted by molar-refractivity contribution is 6.11. The Hall–Kier alpha value is -6.37. The first kappa shape index (κ1) is 27.0. The molecule has 0 fully saturated rings. The van der Waals surface area contributed by atoms with Gasteiger partial charge in [-0.2, -0.15) is 5.26 Å². The molecule has 9 aromatic rings. The van der Waals surface area contributed by atoms with Crippen LogP contribution in [0.25, 0.3) is 77.2 Å². The zero-order chi connectivity index (χ0) is 31.5. The Balaban J connectivity index is 1.14. The van der Waals surface area contributed by atoms with Crippen LogP contribution in [-0.4, -0.2) is 9.13 Å². The second-order valence-electron chi connectivity index (χ2n) is 12.1. The molecule has 0 atom stereocenters. The van der Waals surface area contributed by atoms with E-state index in [4.69, 9.17) is 0 Å². The van der Waals surface area contributed by atoms with Crippen molar-refractivity contribution in [3.63, 3.8) is 0 Å². The van der Waals surface area contributed by atoms with E-state index in [0.29, 0.717) is 5.56 Å². The lowest BCUT2D eigenvalue weighted by Crippen LogP contribution is -1.97. The molecule has 3 nitrogen and oxygen atoms in total. The Kier molecular flexibility index (Phi) is 6.10. The zero-order valence-corrected chi connectivity index (χ0v) is 25.9. The Morgan fingerprint density at radius 3 is 1.70 bits per heavy atom. The van der Waals surface area contributed by atoms with Gasteiger partial charge in [-0.1, -0.05) is 115 Å². The number of hydrogen-bond donors (Lipinski definition) is 0. The number of aromatic nitrogens is 2. The van der Waals surface area contributed by atoms with E-state index in [1.165, 1.54) is 38.1 Å². The van der Waals surface area contributed by atoms with E-state index < -0.39 is 0 Å². The molecule has 3 heteroatoms. The van der Waals surface area contributed by atoms with Gasteiger partial charge in [0.05, 0.1) is 39.4 Å². The Morgan fingerprint density at radius 2 is 1.02 bits per heavy atom. The minimum atomic E-state index is 0.652. The van der Waals surface area contributed by atoms with E-state index in [-0.39, 0.29) is 0 Å². The van der Waals surface area contributed by atoms with Crippen molar-refractivity contribution < 1.29 is 0 Å². The molecule has 47 heavy (non-hydrogen) atoms.